The Hall–Kier alpha value is -4.07. The summed E-state index contributed by atoms with van der Waals surface area (Å²) >= 11 is 0. The lowest BCUT2D eigenvalue weighted by atomic mass is 9.98. The largest absolute Gasteiger partial charge is 0.481 e. The van der Waals surface area contributed by atoms with Crippen molar-refractivity contribution in [1.82, 2.24) is 9.99 Å². The molecular formula is C24H23N3O5. The first-order valence-corrected chi connectivity index (χ1v) is 10.3. The highest BCUT2D eigenvalue weighted by atomic mass is 16.5. The van der Waals surface area contributed by atoms with E-state index < -0.39 is 24.0 Å². The van der Waals surface area contributed by atoms with Crippen molar-refractivity contribution >= 4 is 18.0 Å². The van der Waals surface area contributed by atoms with E-state index in [-0.39, 0.29) is 25.4 Å². The van der Waals surface area contributed by atoms with E-state index >= 15 is 0 Å². The molecule has 0 bridgehead atoms. The molecule has 4 rings (SSSR count). The maximum absolute atomic E-state index is 12.6. The van der Waals surface area contributed by atoms with Crippen molar-refractivity contribution in [2.24, 2.45) is 0 Å². The number of nitrogens with one attached hydrogen (secondary N) is 2. The normalized spacial score (nSPS) is 13.0. The third-order valence-corrected chi connectivity index (χ3v) is 5.44. The van der Waals surface area contributed by atoms with Crippen molar-refractivity contribution in [2.75, 3.05) is 12.0 Å². The topological polar surface area (TPSA) is 110 Å². The standard InChI is InChI=1S/C24H23N3O5/c28-22(29)12-11-21(23(30)26-27-13-5-6-14-27)25-24(31)32-15-20-18-9-3-1-7-16(18)17-8-2-4-10-19(17)20/h1-10,13-14,20-21H,11-12,15H2,(H,25,31)(H,26,30)(H,28,29). The van der Waals surface area contributed by atoms with Gasteiger partial charge in [0.15, 0.2) is 0 Å². The molecule has 2 amide bonds. The number of carboxylic acids is 1. The summed E-state index contributed by atoms with van der Waals surface area (Å²) in [6.45, 7) is 0.102. The summed E-state index contributed by atoms with van der Waals surface area (Å²) < 4.78 is 6.90. The fraction of sp³-hybridized carbons (Fsp3) is 0.208. The molecule has 0 radical (unpaired) electrons. The molecule has 1 heterocycles. The molecule has 1 atom stereocenters. The number of carbonyl (C=O) groups is 3. The second-order valence-electron chi connectivity index (χ2n) is 7.52. The highest BCUT2D eigenvalue weighted by Gasteiger charge is 2.30. The lowest BCUT2D eigenvalue weighted by molar-refractivity contribution is -0.137. The van der Waals surface area contributed by atoms with Crippen LogP contribution in [0.1, 0.15) is 29.9 Å². The summed E-state index contributed by atoms with van der Waals surface area (Å²) in [5.41, 5.74) is 6.97. The van der Waals surface area contributed by atoms with Gasteiger partial charge in [0.1, 0.15) is 12.6 Å². The minimum Gasteiger partial charge on any atom is -0.481 e. The lowest BCUT2D eigenvalue weighted by Crippen LogP contribution is -2.46. The van der Waals surface area contributed by atoms with Crippen molar-refractivity contribution in [3.05, 3.63) is 84.2 Å². The van der Waals surface area contributed by atoms with Gasteiger partial charge in [-0.05, 0) is 40.8 Å². The van der Waals surface area contributed by atoms with E-state index in [9.17, 15) is 14.4 Å². The van der Waals surface area contributed by atoms with Gasteiger partial charge in [-0.15, -0.1) is 0 Å². The summed E-state index contributed by atoms with van der Waals surface area (Å²) in [4.78, 5) is 36.1. The Bertz CT molecular complexity index is 1080. The first kappa shape index (κ1) is 21.2. The predicted molar refractivity (Wildman–Crippen MR) is 118 cm³/mol. The zero-order valence-electron chi connectivity index (χ0n) is 17.2. The number of carboxylic acid groups (broad SMARTS) is 1. The van der Waals surface area contributed by atoms with Gasteiger partial charge < -0.3 is 15.2 Å². The van der Waals surface area contributed by atoms with Crippen LogP contribution in [0.25, 0.3) is 11.1 Å². The van der Waals surface area contributed by atoms with Crippen LogP contribution in [0.2, 0.25) is 0 Å². The van der Waals surface area contributed by atoms with Crippen LogP contribution in [0.5, 0.6) is 0 Å². The number of benzene rings is 2. The molecule has 0 fully saturated rings. The molecule has 1 aliphatic rings. The molecule has 2 aromatic carbocycles. The summed E-state index contributed by atoms with van der Waals surface area (Å²) in [6, 6.07) is 18.4. The summed E-state index contributed by atoms with van der Waals surface area (Å²) in [7, 11) is 0. The Labute approximate surface area is 184 Å². The van der Waals surface area contributed by atoms with Crippen LogP contribution in [0.3, 0.4) is 0 Å². The molecular weight excluding hydrogens is 410 g/mol. The van der Waals surface area contributed by atoms with E-state index in [1.165, 1.54) is 4.68 Å². The number of amides is 2. The first-order valence-electron chi connectivity index (χ1n) is 10.3. The maximum Gasteiger partial charge on any atom is 0.407 e. The Morgan fingerprint density at radius 2 is 1.53 bits per heavy atom. The molecule has 1 unspecified atom stereocenters. The Morgan fingerprint density at radius 3 is 2.12 bits per heavy atom. The number of hydrogen-bond acceptors (Lipinski definition) is 4. The molecule has 1 aromatic heterocycles. The molecule has 0 saturated heterocycles. The van der Waals surface area contributed by atoms with Crippen molar-refractivity contribution in [1.29, 1.82) is 0 Å². The minimum atomic E-state index is -1.06. The van der Waals surface area contributed by atoms with Crippen LogP contribution >= 0.6 is 0 Å². The van der Waals surface area contributed by atoms with Gasteiger partial charge in [0.2, 0.25) is 0 Å². The lowest BCUT2D eigenvalue weighted by Gasteiger charge is -2.19. The maximum atomic E-state index is 12.6. The predicted octanol–water partition coefficient (Wildman–Crippen LogP) is 3.33. The van der Waals surface area contributed by atoms with E-state index in [0.717, 1.165) is 22.3 Å². The Kier molecular flexibility index (Phi) is 6.21. The molecule has 1 aliphatic carbocycles. The van der Waals surface area contributed by atoms with Crippen LogP contribution in [-0.4, -0.2) is 40.4 Å². The molecule has 0 spiro atoms. The van der Waals surface area contributed by atoms with E-state index in [2.05, 4.69) is 10.7 Å². The highest BCUT2D eigenvalue weighted by molar-refractivity contribution is 5.91. The van der Waals surface area contributed by atoms with Gasteiger partial charge in [0, 0.05) is 24.7 Å². The van der Waals surface area contributed by atoms with E-state index in [1.807, 2.05) is 48.5 Å². The first-order chi connectivity index (χ1) is 15.5. The van der Waals surface area contributed by atoms with E-state index in [0.29, 0.717) is 0 Å². The monoisotopic (exact) mass is 433 g/mol. The fourth-order valence-electron chi connectivity index (χ4n) is 3.93. The number of fused-ring (bicyclic) bond motifs is 3. The average molecular weight is 433 g/mol. The number of aliphatic carboxylic acids is 1. The third kappa shape index (κ3) is 4.64. The number of alkyl carbamates (subject to hydrolysis) is 1. The number of carbonyl (C=O) groups excluding carboxylic acids is 2. The molecule has 3 aromatic rings. The van der Waals surface area contributed by atoms with Gasteiger partial charge in [0.05, 0.1) is 0 Å². The summed E-state index contributed by atoms with van der Waals surface area (Å²) in [5.74, 6) is -1.70. The van der Waals surface area contributed by atoms with Gasteiger partial charge >= 0.3 is 12.1 Å². The van der Waals surface area contributed by atoms with Crippen LogP contribution in [0.15, 0.2) is 73.1 Å². The van der Waals surface area contributed by atoms with Gasteiger partial charge in [-0.3, -0.25) is 19.7 Å². The minimum absolute atomic E-state index is 0.0629. The molecule has 8 heteroatoms. The highest BCUT2D eigenvalue weighted by Crippen LogP contribution is 2.44. The fourth-order valence-corrected chi connectivity index (χ4v) is 3.93. The average Bonchev–Trinajstić information content (AvgIpc) is 3.41. The molecule has 164 valence electrons. The number of nitrogens with zero attached hydrogens (tertiary/aromatic N) is 1. The van der Waals surface area contributed by atoms with Crippen LogP contribution in [0.4, 0.5) is 4.79 Å². The zero-order valence-corrected chi connectivity index (χ0v) is 17.2. The second-order valence-corrected chi connectivity index (χ2v) is 7.52. The SMILES string of the molecule is O=C(O)CCC(NC(=O)OCC1c2ccccc2-c2ccccc21)C(=O)Nn1cccc1. The second kappa shape index (κ2) is 9.38. The molecule has 3 N–H and O–H groups in total. The van der Waals surface area contributed by atoms with Gasteiger partial charge in [-0.1, -0.05) is 48.5 Å². The Balaban J connectivity index is 1.42. The summed E-state index contributed by atoms with van der Waals surface area (Å²) in [5, 5.41) is 11.5. The van der Waals surface area contributed by atoms with E-state index in [4.69, 9.17) is 9.84 Å². The van der Waals surface area contributed by atoms with Gasteiger partial charge in [-0.25, -0.2) is 4.79 Å². The van der Waals surface area contributed by atoms with Crippen LogP contribution in [-0.2, 0) is 14.3 Å². The number of ether oxygens (including phenoxy) is 1. The molecule has 0 saturated carbocycles. The smallest absolute Gasteiger partial charge is 0.407 e. The van der Waals surface area contributed by atoms with Crippen molar-refractivity contribution in [3.8, 4) is 11.1 Å². The van der Waals surface area contributed by atoms with Crippen molar-refractivity contribution in [3.63, 3.8) is 0 Å². The quantitative estimate of drug-likeness (QED) is 0.505. The van der Waals surface area contributed by atoms with Crippen molar-refractivity contribution < 1.29 is 24.2 Å². The number of aromatic nitrogens is 1. The van der Waals surface area contributed by atoms with Crippen molar-refractivity contribution in [2.45, 2.75) is 24.8 Å². The molecule has 8 nitrogen and oxygen atoms in total. The van der Waals surface area contributed by atoms with E-state index in [1.54, 1.807) is 24.5 Å². The van der Waals surface area contributed by atoms with Gasteiger partial charge in [0.25, 0.3) is 5.91 Å². The van der Waals surface area contributed by atoms with Gasteiger partial charge in [-0.2, -0.15) is 0 Å². The molecule has 0 aliphatic heterocycles. The molecule has 32 heavy (non-hydrogen) atoms. The summed E-state index contributed by atoms with van der Waals surface area (Å²) in [6.07, 6.45) is 2.14. The van der Waals surface area contributed by atoms with Crippen LogP contribution in [0, 0.1) is 0 Å². The number of hydrogen-bond donors (Lipinski definition) is 3. The zero-order chi connectivity index (χ0) is 22.5. The Morgan fingerprint density at radius 1 is 0.938 bits per heavy atom. The number of rotatable bonds is 8. The van der Waals surface area contributed by atoms with Crippen LogP contribution < -0.4 is 10.7 Å². The third-order valence-electron chi connectivity index (χ3n) is 5.44.